The molecule has 2 aromatic rings. The van der Waals surface area contributed by atoms with Crippen LogP contribution in [0.5, 0.6) is 0 Å². The number of hydrogen-bond donors (Lipinski definition) is 1. The molecule has 0 radical (unpaired) electrons. The van der Waals surface area contributed by atoms with Crippen molar-refractivity contribution in [2.75, 3.05) is 18.4 Å². The topological polar surface area (TPSA) is 69.7 Å². The number of nitrogens with zero attached hydrogens (tertiary/aromatic N) is 2. The minimum atomic E-state index is -0.402. The Bertz CT molecular complexity index is 1000. The molecule has 8 heteroatoms. The molecule has 1 fully saturated rings. The Morgan fingerprint density at radius 2 is 2.03 bits per heavy atom. The van der Waals surface area contributed by atoms with E-state index in [0.717, 1.165) is 21.7 Å². The number of anilines is 1. The Hall–Kier alpha value is -2.58. The van der Waals surface area contributed by atoms with Gasteiger partial charge in [-0.05, 0) is 48.8 Å². The number of thioether (sulfide) groups is 1. The molecule has 6 nitrogen and oxygen atoms in total. The van der Waals surface area contributed by atoms with Gasteiger partial charge in [0.2, 0.25) is 11.8 Å². The second-order valence-corrected chi connectivity index (χ2v) is 9.56. The Labute approximate surface area is 183 Å². The SMILES string of the molecule is Cc1ccc(NC(=O)CN2C(=O)N(CCc3cccs3)C(=O)C3SC=CC32)c(C)c1. The van der Waals surface area contributed by atoms with Crippen LogP contribution in [0.1, 0.15) is 16.0 Å². The molecule has 1 aromatic heterocycles. The Balaban J connectivity index is 1.48. The molecule has 1 N–H and O–H groups in total. The summed E-state index contributed by atoms with van der Waals surface area (Å²) in [4.78, 5) is 42.7. The summed E-state index contributed by atoms with van der Waals surface area (Å²) in [7, 11) is 0. The number of carbonyl (C=O) groups excluding carboxylic acids is 3. The first-order valence-electron chi connectivity index (χ1n) is 9.77. The zero-order valence-corrected chi connectivity index (χ0v) is 18.5. The number of benzene rings is 1. The molecule has 0 bridgehead atoms. The number of hydrogen-bond acceptors (Lipinski definition) is 5. The predicted molar refractivity (Wildman–Crippen MR) is 121 cm³/mol. The Morgan fingerprint density at radius 1 is 1.20 bits per heavy atom. The van der Waals surface area contributed by atoms with Crippen molar-refractivity contribution >= 4 is 46.6 Å². The molecule has 4 amide bonds. The fourth-order valence-electron chi connectivity index (χ4n) is 3.75. The zero-order chi connectivity index (χ0) is 21.3. The van der Waals surface area contributed by atoms with Gasteiger partial charge in [0.1, 0.15) is 11.8 Å². The first kappa shape index (κ1) is 20.7. The van der Waals surface area contributed by atoms with Gasteiger partial charge in [-0.15, -0.1) is 23.1 Å². The molecule has 30 heavy (non-hydrogen) atoms. The van der Waals surface area contributed by atoms with Crippen LogP contribution >= 0.6 is 23.1 Å². The number of carbonyl (C=O) groups is 3. The van der Waals surface area contributed by atoms with Crippen molar-refractivity contribution in [2.45, 2.75) is 31.6 Å². The van der Waals surface area contributed by atoms with Gasteiger partial charge in [-0.3, -0.25) is 14.5 Å². The highest BCUT2D eigenvalue weighted by atomic mass is 32.2. The average molecular weight is 442 g/mol. The second kappa shape index (κ2) is 8.65. The van der Waals surface area contributed by atoms with E-state index in [2.05, 4.69) is 5.32 Å². The van der Waals surface area contributed by atoms with Crippen LogP contribution in [0.2, 0.25) is 0 Å². The van der Waals surface area contributed by atoms with Crippen molar-refractivity contribution in [1.29, 1.82) is 0 Å². The third-order valence-corrected chi connectivity index (χ3v) is 7.31. The highest BCUT2D eigenvalue weighted by Gasteiger charge is 2.47. The lowest BCUT2D eigenvalue weighted by atomic mass is 10.1. The van der Waals surface area contributed by atoms with E-state index < -0.39 is 12.1 Å². The fourth-order valence-corrected chi connectivity index (χ4v) is 5.51. The highest BCUT2D eigenvalue weighted by molar-refractivity contribution is 8.03. The highest BCUT2D eigenvalue weighted by Crippen LogP contribution is 2.34. The molecule has 156 valence electrons. The van der Waals surface area contributed by atoms with Crippen LogP contribution in [0.25, 0.3) is 0 Å². The molecule has 4 rings (SSSR count). The molecule has 1 aromatic carbocycles. The van der Waals surface area contributed by atoms with Gasteiger partial charge in [-0.2, -0.15) is 0 Å². The van der Waals surface area contributed by atoms with Crippen molar-refractivity contribution in [2.24, 2.45) is 0 Å². The zero-order valence-electron chi connectivity index (χ0n) is 16.8. The summed E-state index contributed by atoms with van der Waals surface area (Å²) in [5.74, 6) is -0.450. The largest absolute Gasteiger partial charge is 0.327 e. The van der Waals surface area contributed by atoms with Crippen LogP contribution < -0.4 is 5.32 Å². The van der Waals surface area contributed by atoms with Gasteiger partial charge in [0.05, 0.1) is 6.04 Å². The van der Waals surface area contributed by atoms with Crippen LogP contribution in [0.15, 0.2) is 47.2 Å². The number of amides is 4. The van der Waals surface area contributed by atoms with E-state index in [1.54, 1.807) is 11.3 Å². The summed E-state index contributed by atoms with van der Waals surface area (Å²) >= 11 is 3.01. The summed E-state index contributed by atoms with van der Waals surface area (Å²) < 4.78 is 0. The molecule has 0 spiro atoms. The van der Waals surface area contributed by atoms with E-state index in [9.17, 15) is 14.4 Å². The summed E-state index contributed by atoms with van der Waals surface area (Å²) in [6.45, 7) is 4.15. The van der Waals surface area contributed by atoms with Crippen molar-refractivity contribution < 1.29 is 14.4 Å². The van der Waals surface area contributed by atoms with Crippen molar-refractivity contribution in [3.05, 3.63) is 63.2 Å². The second-order valence-electron chi connectivity index (χ2n) is 7.47. The maximum absolute atomic E-state index is 13.1. The number of fused-ring (bicyclic) bond motifs is 1. The molecule has 2 aliphatic rings. The van der Waals surface area contributed by atoms with Crippen molar-refractivity contribution in [1.82, 2.24) is 9.80 Å². The fraction of sp³-hybridized carbons (Fsp3) is 0.318. The smallest absolute Gasteiger partial charge is 0.324 e. The van der Waals surface area contributed by atoms with Crippen LogP contribution in [0.3, 0.4) is 0 Å². The van der Waals surface area contributed by atoms with E-state index in [0.29, 0.717) is 13.0 Å². The van der Waals surface area contributed by atoms with Crippen LogP contribution in [0.4, 0.5) is 10.5 Å². The predicted octanol–water partition coefficient (Wildman–Crippen LogP) is 3.81. The summed E-state index contributed by atoms with van der Waals surface area (Å²) in [6, 6.07) is 8.96. The molecular formula is C22H23N3O3S2. The van der Waals surface area contributed by atoms with Crippen LogP contribution in [-0.4, -0.2) is 52.0 Å². The van der Waals surface area contributed by atoms with Crippen LogP contribution in [0, 0.1) is 13.8 Å². The standard InChI is InChI=1S/C22H23N3O3S2/c1-14-5-6-17(15(2)12-14)23-19(26)13-25-18-8-11-30-20(18)21(27)24(22(25)28)9-7-16-4-3-10-29-16/h3-6,8,10-12,18,20H,7,9,13H2,1-2H3,(H,23,26). The monoisotopic (exact) mass is 441 g/mol. The Morgan fingerprint density at radius 3 is 2.77 bits per heavy atom. The molecule has 1 saturated heterocycles. The molecule has 2 atom stereocenters. The van der Waals surface area contributed by atoms with E-state index in [4.69, 9.17) is 0 Å². The van der Waals surface area contributed by atoms with Gasteiger partial charge < -0.3 is 10.2 Å². The van der Waals surface area contributed by atoms with E-state index in [1.165, 1.54) is 21.6 Å². The number of nitrogens with one attached hydrogen (secondary N) is 1. The lowest BCUT2D eigenvalue weighted by Gasteiger charge is -2.40. The summed E-state index contributed by atoms with van der Waals surface area (Å²) in [5.41, 5.74) is 2.82. The van der Waals surface area contributed by atoms with Crippen molar-refractivity contribution in [3.63, 3.8) is 0 Å². The third kappa shape index (κ3) is 4.15. The lowest BCUT2D eigenvalue weighted by Crippen LogP contribution is -2.63. The van der Waals surface area contributed by atoms with Gasteiger partial charge in [0.25, 0.3) is 0 Å². The first-order valence-corrected chi connectivity index (χ1v) is 11.6. The quantitative estimate of drug-likeness (QED) is 0.740. The first-order chi connectivity index (χ1) is 14.4. The summed E-state index contributed by atoms with van der Waals surface area (Å²) in [6.07, 6.45) is 2.46. The molecule has 0 aliphatic carbocycles. The number of urea groups is 1. The number of thiophene rings is 1. The maximum Gasteiger partial charge on any atom is 0.327 e. The molecule has 3 heterocycles. The normalized spacial score (nSPS) is 20.6. The van der Waals surface area contributed by atoms with Crippen LogP contribution in [-0.2, 0) is 16.0 Å². The van der Waals surface area contributed by atoms with E-state index >= 15 is 0 Å². The molecule has 2 unspecified atom stereocenters. The van der Waals surface area contributed by atoms with Gasteiger partial charge in [0.15, 0.2) is 0 Å². The van der Waals surface area contributed by atoms with Gasteiger partial charge in [0, 0.05) is 17.1 Å². The molecule has 2 aliphatic heterocycles. The minimum absolute atomic E-state index is 0.0962. The van der Waals surface area contributed by atoms with E-state index in [-0.39, 0.29) is 23.6 Å². The lowest BCUT2D eigenvalue weighted by molar-refractivity contribution is -0.132. The Kier molecular flexibility index (Phi) is 5.97. The van der Waals surface area contributed by atoms with Crippen molar-refractivity contribution in [3.8, 4) is 0 Å². The van der Waals surface area contributed by atoms with Gasteiger partial charge >= 0.3 is 6.03 Å². The number of aryl methyl sites for hydroxylation is 2. The molecule has 0 saturated carbocycles. The number of imide groups is 1. The van der Waals surface area contributed by atoms with Gasteiger partial charge in [-0.1, -0.05) is 29.8 Å². The third-order valence-electron chi connectivity index (χ3n) is 5.29. The summed E-state index contributed by atoms with van der Waals surface area (Å²) in [5, 5.41) is 6.33. The average Bonchev–Trinajstić information content (AvgIpc) is 3.39. The minimum Gasteiger partial charge on any atom is -0.324 e. The van der Waals surface area contributed by atoms with E-state index in [1.807, 2.05) is 61.0 Å². The van der Waals surface area contributed by atoms with Gasteiger partial charge in [-0.25, -0.2) is 4.79 Å². The number of rotatable bonds is 6. The molecular weight excluding hydrogens is 418 g/mol. The maximum atomic E-state index is 13.1.